The summed E-state index contributed by atoms with van der Waals surface area (Å²) in [7, 11) is 0. The van der Waals surface area contributed by atoms with Gasteiger partial charge in [0.2, 0.25) is 0 Å². The molecule has 0 aromatic heterocycles. The third-order valence-electron chi connectivity index (χ3n) is 6.20. The topological polar surface area (TPSA) is 20.3 Å². The molecule has 2 atom stereocenters. The third kappa shape index (κ3) is 3.38. The maximum absolute atomic E-state index is 13.0. The van der Waals surface area contributed by atoms with E-state index in [2.05, 4.69) is 23.1 Å². The highest BCUT2D eigenvalue weighted by molar-refractivity contribution is 5.98. The standard InChI is InChI=1S/C21H29NO/c23-21(19-9-3-2-8-18(19)16-11-12-16)15-17-7-1-4-10-20(17)22-13-5-6-14-22/h2-3,8-9,16-17,20H,1,4-7,10-15H2. The fourth-order valence-corrected chi connectivity index (χ4v) is 4.83. The second-order valence-corrected chi connectivity index (χ2v) is 7.84. The van der Waals surface area contributed by atoms with Gasteiger partial charge in [0, 0.05) is 18.0 Å². The van der Waals surface area contributed by atoms with Crippen LogP contribution in [0.4, 0.5) is 0 Å². The van der Waals surface area contributed by atoms with Crippen LogP contribution >= 0.6 is 0 Å². The van der Waals surface area contributed by atoms with E-state index in [1.165, 1.54) is 70.0 Å². The van der Waals surface area contributed by atoms with Crippen molar-refractivity contribution in [2.24, 2.45) is 5.92 Å². The lowest BCUT2D eigenvalue weighted by atomic mass is 9.79. The quantitative estimate of drug-likeness (QED) is 0.729. The first kappa shape index (κ1) is 15.4. The Morgan fingerprint density at radius 2 is 1.70 bits per heavy atom. The Morgan fingerprint density at radius 3 is 2.48 bits per heavy atom. The van der Waals surface area contributed by atoms with Crippen LogP contribution in [0, 0.1) is 5.92 Å². The Labute approximate surface area is 140 Å². The third-order valence-corrected chi connectivity index (χ3v) is 6.20. The molecule has 1 saturated heterocycles. The van der Waals surface area contributed by atoms with Gasteiger partial charge in [0.25, 0.3) is 0 Å². The smallest absolute Gasteiger partial charge is 0.163 e. The van der Waals surface area contributed by atoms with Gasteiger partial charge in [0.05, 0.1) is 0 Å². The predicted molar refractivity (Wildman–Crippen MR) is 93.9 cm³/mol. The fraction of sp³-hybridized carbons (Fsp3) is 0.667. The lowest BCUT2D eigenvalue weighted by Gasteiger charge is -2.37. The van der Waals surface area contributed by atoms with Crippen LogP contribution in [0.5, 0.6) is 0 Å². The maximum atomic E-state index is 13.0. The first-order valence-corrected chi connectivity index (χ1v) is 9.69. The number of hydrogen-bond donors (Lipinski definition) is 0. The van der Waals surface area contributed by atoms with Gasteiger partial charge >= 0.3 is 0 Å². The van der Waals surface area contributed by atoms with Gasteiger partial charge in [-0.2, -0.15) is 0 Å². The summed E-state index contributed by atoms with van der Waals surface area (Å²) in [6.45, 7) is 2.52. The molecule has 2 saturated carbocycles. The second-order valence-electron chi connectivity index (χ2n) is 7.84. The SMILES string of the molecule is O=C(CC1CCCCC1N1CCCC1)c1ccccc1C1CC1. The molecule has 1 aromatic rings. The number of likely N-dealkylation sites (tertiary alicyclic amines) is 1. The Kier molecular flexibility index (Phi) is 4.52. The molecule has 2 nitrogen and oxygen atoms in total. The molecule has 1 aromatic carbocycles. The molecule has 0 radical (unpaired) electrons. The van der Waals surface area contributed by atoms with Gasteiger partial charge in [0.1, 0.15) is 0 Å². The first-order chi connectivity index (χ1) is 11.3. The Morgan fingerprint density at radius 1 is 0.957 bits per heavy atom. The second kappa shape index (κ2) is 6.76. The van der Waals surface area contributed by atoms with E-state index in [1.54, 1.807) is 0 Å². The van der Waals surface area contributed by atoms with Crippen molar-refractivity contribution in [3.8, 4) is 0 Å². The van der Waals surface area contributed by atoms with Gasteiger partial charge in [-0.15, -0.1) is 0 Å². The summed E-state index contributed by atoms with van der Waals surface area (Å²) in [4.78, 5) is 15.7. The van der Waals surface area contributed by atoms with Crippen LogP contribution in [-0.4, -0.2) is 29.8 Å². The highest BCUT2D eigenvalue weighted by Crippen LogP contribution is 2.42. The van der Waals surface area contributed by atoms with Crippen molar-refractivity contribution in [3.05, 3.63) is 35.4 Å². The van der Waals surface area contributed by atoms with Crippen molar-refractivity contribution in [2.45, 2.75) is 69.7 Å². The molecule has 0 amide bonds. The number of benzene rings is 1. The summed E-state index contributed by atoms with van der Waals surface area (Å²) in [5, 5.41) is 0. The van der Waals surface area contributed by atoms with Crippen LogP contribution in [0.3, 0.4) is 0 Å². The fourth-order valence-electron chi connectivity index (χ4n) is 4.83. The number of carbonyl (C=O) groups is 1. The van der Waals surface area contributed by atoms with E-state index in [4.69, 9.17) is 0 Å². The molecule has 2 heteroatoms. The van der Waals surface area contributed by atoms with E-state index in [9.17, 15) is 4.79 Å². The zero-order valence-corrected chi connectivity index (χ0v) is 14.2. The number of Topliss-reactive ketones (excluding diaryl/α,β-unsaturated/α-hetero) is 1. The van der Waals surface area contributed by atoms with E-state index < -0.39 is 0 Å². The largest absolute Gasteiger partial charge is 0.300 e. The molecular formula is C21H29NO. The summed E-state index contributed by atoms with van der Waals surface area (Å²) in [6.07, 6.45) is 11.2. The van der Waals surface area contributed by atoms with Gasteiger partial charge < -0.3 is 4.90 Å². The summed E-state index contributed by atoms with van der Waals surface area (Å²) in [5.74, 6) is 1.65. The molecule has 0 bridgehead atoms. The zero-order chi connectivity index (χ0) is 15.6. The van der Waals surface area contributed by atoms with Crippen molar-refractivity contribution >= 4 is 5.78 Å². The molecule has 1 heterocycles. The average Bonchev–Trinajstić information content (AvgIpc) is 3.30. The molecule has 2 unspecified atom stereocenters. The van der Waals surface area contributed by atoms with Crippen molar-refractivity contribution < 1.29 is 4.79 Å². The van der Waals surface area contributed by atoms with Gasteiger partial charge in [-0.1, -0.05) is 37.1 Å². The molecule has 3 fully saturated rings. The van der Waals surface area contributed by atoms with Gasteiger partial charge in [-0.3, -0.25) is 4.79 Å². The molecule has 124 valence electrons. The number of carbonyl (C=O) groups excluding carboxylic acids is 1. The summed E-state index contributed by atoms with van der Waals surface area (Å²) >= 11 is 0. The van der Waals surface area contributed by atoms with Crippen molar-refractivity contribution in [2.75, 3.05) is 13.1 Å². The minimum atomic E-state index is 0.406. The Balaban J connectivity index is 1.48. The van der Waals surface area contributed by atoms with E-state index in [1.807, 2.05) is 6.07 Å². The van der Waals surface area contributed by atoms with Crippen LogP contribution in [-0.2, 0) is 0 Å². The van der Waals surface area contributed by atoms with Gasteiger partial charge in [-0.05, 0) is 69.0 Å². The molecule has 2 aliphatic carbocycles. The van der Waals surface area contributed by atoms with Crippen molar-refractivity contribution in [1.82, 2.24) is 4.90 Å². The predicted octanol–water partition coefficient (Wildman–Crippen LogP) is 4.79. The molecule has 4 rings (SSSR count). The highest BCUT2D eigenvalue weighted by atomic mass is 16.1. The van der Waals surface area contributed by atoms with E-state index in [0.717, 1.165) is 12.0 Å². The zero-order valence-electron chi connectivity index (χ0n) is 14.2. The van der Waals surface area contributed by atoms with Crippen LogP contribution < -0.4 is 0 Å². The van der Waals surface area contributed by atoms with Crippen molar-refractivity contribution in [3.63, 3.8) is 0 Å². The number of hydrogen-bond acceptors (Lipinski definition) is 2. The first-order valence-electron chi connectivity index (χ1n) is 9.69. The van der Waals surface area contributed by atoms with Gasteiger partial charge in [-0.25, -0.2) is 0 Å². The maximum Gasteiger partial charge on any atom is 0.163 e. The summed E-state index contributed by atoms with van der Waals surface area (Å²) in [6, 6.07) is 9.06. The molecule has 0 N–H and O–H groups in total. The van der Waals surface area contributed by atoms with Crippen molar-refractivity contribution in [1.29, 1.82) is 0 Å². The van der Waals surface area contributed by atoms with E-state index >= 15 is 0 Å². The lowest BCUT2D eigenvalue weighted by Crippen LogP contribution is -2.41. The van der Waals surface area contributed by atoms with Crippen LogP contribution in [0.1, 0.15) is 79.6 Å². The van der Waals surface area contributed by atoms with Crippen LogP contribution in [0.2, 0.25) is 0 Å². The number of rotatable bonds is 5. The van der Waals surface area contributed by atoms with E-state index in [-0.39, 0.29) is 0 Å². The summed E-state index contributed by atoms with van der Waals surface area (Å²) < 4.78 is 0. The average molecular weight is 311 g/mol. The molecule has 0 spiro atoms. The lowest BCUT2D eigenvalue weighted by molar-refractivity contribution is 0.0845. The summed E-state index contributed by atoms with van der Waals surface area (Å²) in [5.41, 5.74) is 2.35. The molecule has 3 aliphatic rings. The van der Waals surface area contributed by atoms with E-state index in [0.29, 0.717) is 23.7 Å². The normalized spacial score (nSPS) is 28.9. The van der Waals surface area contributed by atoms with Crippen LogP contribution in [0.15, 0.2) is 24.3 Å². The van der Waals surface area contributed by atoms with Crippen LogP contribution in [0.25, 0.3) is 0 Å². The Hall–Kier alpha value is -1.15. The minimum absolute atomic E-state index is 0.406. The minimum Gasteiger partial charge on any atom is -0.300 e. The highest BCUT2D eigenvalue weighted by Gasteiger charge is 2.34. The monoisotopic (exact) mass is 311 g/mol. The Bertz CT molecular complexity index is 557. The molecule has 23 heavy (non-hydrogen) atoms. The van der Waals surface area contributed by atoms with Gasteiger partial charge in [0.15, 0.2) is 5.78 Å². The number of nitrogens with zero attached hydrogens (tertiary/aromatic N) is 1. The molecule has 1 aliphatic heterocycles. The number of ketones is 1. The molecular weight excluding hydrogens is 282 g/mol.